The minimum atomic E-state index is -0.444. The molecule has 4 rings (SSSR count). The van der Waals surface area contributed by atoms with E-state index >= 15 is 0 Å². The zero-order chi connectivity index (χ0) is 17.3. The van der Waals surface area contributed by atoms with E-state index in [4.69, 9.17) is 21.1 Å². The fourth-order valence-electron chi connectivity index (χ4n) is 3.80. The highest BCUT2D eigenvalue weighted by atomic mass is 35.5. The minimum Gasteiger partial charge on any atom is -0.454 e. The largest absolute Gasteiger partial charge is 0.454 e. The summed E-state index contributed by atoms with van der Waals surface area (Å²) in [6.45, 7) is 0.732. The van der Waals surface area contributed by atoms with Gasteiger partial charge in [0, 0.05) is 11.6 Å². The van der Waals surface area contributed by atoms with E-state index in [2.05, 4.69) is 5.32 Å². The molecule has 0 unspecified atom stereocenters. The van der Waals surface area contributed by atoms with Crippen LogP contribution < -0.4 is 14.8 Å². The van der Waals surface area contributed by atoms with E-state index in [1.807, 2.05) is 42.5 Å². The summed E-state index contributed by atoms with van der Waals surface area (Å²) >= 11 is 6.01. The SMILES string of the molecule is O=C(NCc1ccc2c(c1)OCO2)C1(c2ccc(Cl)cc2)CCCC1. The van der Waals surface area contributed by atoms with Crippen LogP contribution in [0.2, 0.25) is 5.02 Å². The number of nitrogens with one attached hydrogen (secondary N) is 1. The van der Waals surface area contributed by atoms with E-state index in [0.717, 1.165) is 48.3 Å². The lowest BCUT2D eigenvalue weighted by molar-refractivity contribution is -0.126. The van der Waals surface area contributed by atoms with Crippen LogP contribution in [-0.2, 0) is 16.8 Å². The first-order chi connectivity index (χ1) is 12.2. The van der Waals surface area contributed by atoms with Crippen LogP contribution in [0.15, 0.2) is 42.5 Å². The van der Waals surface area contributed by atoms with Crippen LogP contribution in [-0.4, -0.2) is 12.7 Å². The van der Waals surface area contributed by atoms with Gasteiger partial charge in [0.1, 0.15) is 0 Å². The number of carbonyl (C=O) groups is 1. The second-order valence-corrected chi connectivity index (χ2v) is 7.10. The van der Waals surface area contributed by atoms with Gasteiger partial charge in [0.2, 0.25) is 12.7 Å². The number of carbonyl (C=O) groups excluding carboxylic acids is 1. The molecule has 1 saturated carbocycles. The van der Waals surface area contributed by atoms with Crippen LogP contribution in [0.4, 0.5) is 0 Å². The molecule has 2 aromatic carbocycles. The summed E-state index contributed by atoms with van der Waals surface area (Å²) in [5.41, 5.74) is 1.61. The van der Waals surface area contributed by atoms with Gasteiger partial charge in [0.15, 0.2) is 11.5 Å². The third kappa shape index (κ3) is 3.07. The van der Waals surface area contributed by atoms with E-state index in [9.17, 15) is 4.79 Å². The van der Waals surface area contributed by atoms with Crippen molar-refractivity contribution in [2.75, 3.05) is 6.79 Å². The Bertz CT molecular complexity index is 782. The molecule has 1 N–H and O–H groups in total. The number of hydrogen-bond acceptors (Lipinski definition) is 3. The van der Waals surface area contributed by atoms with Gasteiger partial charge in [0.25, 0.3) is 0 Å². The zero-order valence-electron chi connectivity index (χ0n) is 13.9. The molecular formula is C20H20ClNO3. The third-order valence-corrected chi connectivity index (χ3v) is 5.43. The van der Waals surface area contributed by atoms with Gasteiger partial charge in [-0.2, -0.15) is 0 Å². The maximum Gasteiger partial charge on any atom is 0.231 e. The van der Waals surface area contributed by atoms with Gasteiger partial charge in [-0.1, -0.05) is 42.6 Å². The lowest BCUT2D eigenvalue weighted by Gasteiger charge is -2.28. The molecule has 1 aliphatic carbocycles. The molecule has 0 atom stereocenters. The Morgan fingerprint density at radius 2 is 1.76 bits per heavy atom. The number of rotatable bonds is 4. The zero-order valence-corrected chi connectivity index (χ0v) is 14.6. The lowest BCUT2D eigenvalue weighted by atomic mass is 9.78. The average Bonchev–Trinajstić information content (AvgIpc) is 3.29. The first kappa shape index (κ1) is 16.3. The second-order valence-electron chi connectivity index (χ2n) is 6.67. The van der Waals surface area contributed by atoms with Crippen molar-refractivity contribution in [2.24, 2.45) is 0 Å². The van der Waals surface area contributed by atoms with Crippen LogP contribution in [0.3, 0.4) is 0 Å². The highest BCUT2D eigenvalue weighted by Gasteiger charge is 2.42. The Morgan fingerprint density at radius 3 is 2.52 bits per heavy atom. The third-order valence-electron chi connectivity index (χ3n) is 5.18. The van der Waals surface area contributed by atoms with Gasteiger partial charge >= 0.3 is 0 Å². The topological polar surface area (TPSA) is 47.6 Å². The molecule has 4 nitrogen and oxygen atoms in total. The van der Waals surface area contributed by atoms with Gasteiger partial charge in [-0.15, -0.1) is 0 Å². The Labute approximate surface area is 152 Å². The van der Waals surface area contributed by atoms with Crippen molar-refractivity contribution in [1.82, 2.24) is 5.32 Å². The molecule has 5 heteroatoms. The van der Waals surface area contributed by atoms with E-state index < -0.39 is 5.41 Å². The lowest BCUT2D eigenvalue weighted by Crippen LogP contribution is -2.42. The monoisotopic (exact) mass is 357 g/mol. The maximum atomic E-state index is 13.1. The van der Waals surface area contributed by atoms with Gasteiger partial charge in [0.05, 0.1) is 5.41 Å². The quantitative estimate of drug-likeness (QED) is 0.892. The predicted octanol–water partition coefficient (Wildman–Crippen LogP) is 4.20. The number of benzene rings is 2. The Morgan fingerprint density at radius 1 is 1.04 bits per heavy atom. The van der Waals surface area contributed by atoms with Crippen molar-refractivity contribution in [2.45, 2.75) is 37.6 Å². The molecular weight excluding hydrogens is 338 g/mol. The molecule has 1 fully saturated rings. The molecule has 2 aliphatic rings. The highest BCUT2D eigenvalue weighted by Crippen LogP contribution is 2.42. The summed E-state index contributed by atoms with van der Waals surface area (Å²) in [7, 11) is 0. The van der Waals surface area contributed by atoms with Crippen LogP contribution >= 0.6 is 11.6 Å². The first-order valence-electron chi connectivity index (χ1n) is 8.60. The molecule has 0 saturated heterocycles. The highest BCUT2D eigenvalue weighted by molar-refractivity contribution is 6.30. The minimum absolute atomic E-state index is 0.0880. The summed E-state index contributed by atoms with van der Waals surface area (Å²) in [5.74, 6) is 1.58. The molecule has 0 aromatic heterocycles. The summed E-state index contributed by atoms with van der Waals surface area (Å²) in [5, 5.41) is 3.81. The van der Waals surface area contributed by atoms with E-state index in [0.29, 0.717) is 11.6 Å². The van der Waals surface area contributed by atoms with Crippen molar-refractivity contribution in [3.8, 4) is 11.5 Å². The van der Waals surface area contributed by atoms with Crippen LogP contribution in [0, 0.1) is 0 Å². The molecule has 2 aromatic rings. The average molecular weight is 358 g/mol. The molecule has 130 valence electrons. The summed E-state index contributed by atoms with van der Waals surface area (Å²) in [6.07, 6.45) is 3.89. The van der Waals surface area contributed by atoms with E-state index in [1.54, 1.807) is 0 Å². The molecule has 0 radical (unpaired) electrons. The maximum absolute atomic E-state index is 13.1. The van der Waals surface area contributed by atoms with Crippen molar-refractivity contribution in [1.29, 1.82) is 0 Å². The number of ether oxygens (including phenoxy) is 2. The van der Waals surface area contributed by atoms with Gasteiger partial charge in [-0.25, -0.2) is 0 Å². The van der Waals surface area contributed by atoms with E-state index in [-0.39, 0.29) is 12.7 Å². The number of hydrogen-bond donors (Lipinski definition) is 1. The molecule has 1 heterocycles. The summed E-state index contributed by atoms with van der Waals surface area (Å²) in [6, 6.07) is 13.4. The van der Waals surface area contributed by atoms with Crippen molar-refractivity contribution in [3.05, 3.63) is 58.6 Å². The van der Waals surface area contributed by atoms with E-state index in [1.165, 1.54) is 0 Å². The fourth-order valence-corrected chi connectivity index (χ4v) is 3.92. The van der Waals surface area contributed by atoms with Crippen LogP contribution in [0.1, 0.15) is 36.8 Å². The van der Waals surface area contributed by atoms with Crippen LogP contribution in [0.5, 0.6) is 11.5 Å². The normalized spacial score (nSPS) is 17.5. The standard InChI is InChI=1S/C20H20ClNO3/c21-16-6-4-15(5-7-16)20(9-1-2-10-20)19(23)22-12-14-3-8-17-18(11-14)25-13-24-17/h3-8,11H,1-2,9-10,12-13H2,(H,22,23). The number of amides is 1. The van der Waals surface area contributed by atoms with Gasteiger partial charge in [-0.05, 0) is 48.2 Å². The molecule has 0 spiro atoms. The van der Waals surface area contributed by atoms with Crippen molar-refractivity contribution in [3.63, 3.8) is 0 Å². The van der Waals surface area contributed by atoms with Gasteiger partial charge < -0.3 is 14.8 Å². The molecule has 25 heavy (non-hydrogen) atoms. The van der Waals surface area contributed by atoms with Crippen molar-refractivity contribution < 1.29 is 14.3 Å². The molecule has 0 bridgehead atoms. The number of halogens is 1. The van der Waals surface area contributed by atoms with Gasteiger partial charge in [-0.3, -0.25) is 4.79 Å². The summed E-state index contributed by atoms with van der Waals surface area (Å²) in [4.78, 5) is 13.1. The van der Waals surface area contributed by atoms with Crippen LogP contribution in [0.25, 0.3) is 0 Å². The Kier molecular flexibility index (Phi) is 4.30. The Hall–Kier alpha value is -2.20. The predicted molar refractivity (Wildman–Crippen MR) is 96.0 cm³/mol. The second kappa shape index (κ2) is 6.60. The van der Waals surface area contributed by atoms with Crippen molar-refractivity contribution >= 4 is 17.5 Å². The smallest absolute Gasteiger partial charge is 0.231 e. The number of fused-ring (bicyclic) bond motifs is 1. The summed E-state index contributed by atoms with van der Waals surface area (Å²) < 4.78 is 10.7. The fraction of sp³-hybridized carbons (Fsp3) is 0.350. The Balaban J connectivity index is 1.51. The molecule has 1 amide bonds. The first-order valence-corrected chi connectivity index (χ1v) is 8.98. The molecule has 1 aliphatic heterocycles.